The lowest BCUT2D eigenvalue weighted by atomic mass is 10.1. The standard InChI is InChI=1S/C16H22O3S/c1-3-5-9-16(10-6-4-2)19-13-8-7-12(15(17)18)11-14(13)20-16/h7-8,11H,3-6,9-10H2,1-2H3,(H,17,18). The van der Waals surface area contributed by atoms with E-state index in [4.69, 9.17) is 9.84 Å². The van der Waals surface area contributed by atoms with Gasteiger partial charge in [0.05, 0.1) is 10.5 Å². The summed E-state index contributed by atoms with van der Waals surface area (Å²) in [6.07, 6.45) is 6.60. The Bertz CT molecular complexity index is 477. The normalized spacial score (nSPS) is 15.7. The summed E-state index contributed by atoms with van der Waals surface area (Å²) in [5.41, 5.74) is 0.335. The van der Waals surface area contributed by atoms with E-state index in [-0.39, 0.29) is 4.93 Å². The van der Waals surface area contributed by atoms with Crippen LogP contribution >= 0.6 is 11.8 Å². The van der Waals surface area contributed by atoms with E-state index in [2.05, 4.69) is 13.8 Å². The van der Waals surface area contributed by atoms with Crippen molar-refractivity contribution in [3.63, 3.8) is 0 Å². The van der Waals surface area contributed by atoms with Gasteiger partial charge in [0, 0.05) is 0 Å². The monoisotopic (exact) mass is 294 g/mol. The molecule has 0 aromatic heterocycles. The number of carboxylic acids is 1. The van der Waals surface area contributed by atoms with Crippen molar-refractivity contribution >= 4 is 17.7 Å². The molecule has 0 spiro atoms. The number of carboxylic acid groups (broad SMARTS) is 1. The number of thioether (sulfide) groups is 1. The van der Waals surface area contributed by atoms with Crippen LogP contribution in [0.1, 0.15) is 62.7 Å². The fourth-order valence-corrected chi connectivity index (χ4v) is 3.87. The molecular weight excluding hydrogens is 272 g/mol. The summed E-state index contributed by atoms with van der Waals surface area (Å²) >= 11 is 1.71. The molecule has 1 heterocycles. The first kappa shape index (κ1) is 15.2. The van der Waals surface area contributed by atoms with Gasteiger partial charge >= 0.3 is 5.97 Å². The molecule has 1 aliphatic rings. The number of fused-ring (bicyclic) bond motifs is 1. The van der Waals surface area contributed by atoms with Crippen molar-refractivity contribution < 1.29 is 14.6 Å². The molecule has 0 unspecified atom stereocenters. The quantitative estimate of drug-likeness (QED) is 0.773. The lowest BCUT2D eigenvalue weighted by Gasteiger charge is -2.27. The molecule has 110 valence electrons. The fraction of sp³-hybridized carbons (Fsp3) is 0.562. The maximum absolute atomic E-state index is 11.1. The zero-order chi connectivity index (χ0) is 14.6. The Morgan fingerprint density at radius 2 is 1.90 bits per heavy atom. The van der Waals surface area contributed by atoms with Crippen LogP contribution < -0.4 is 4.74 Å². The number of hydrogen-bond acceptors (Lipinski definition) is 3. The van der Waals surface area contributed by atoms with Gasteiger partial charge in [0.1, 0.15) is 5.75 Å². The topological polar surface area (TPSA) is 46.5 Å². The van der Waals surface area contributed by atoms with E-state index in [1.54, 1.807) is 30.0 Å². The molecule has 3 nitrogen and oxygen atoms in total. The highest BCUT2D eigenvalue weighted by Crippen LogP contribution is 2.52. The number of benzene rings is 1. The minimum atomic E-state index is -0.881. The molecule has 0 amide bonds. The zero-order valence-electron chi connectivity index (χ0n) is 12.1. The first-order valence-corrected chi connectivity index (χ1v) is 8.17. The second kappa shape index (κ2) is 6.53. The minimum Gasteiger partial charge on any atom is -0.478 e. The van der Waals surface area contributed by atoms with Crippen molar-refractivity contribution in [2.24, 2.45) is 0 Å². The Morgan fingerprint density at radius 3 is 2.45 bits per heavy atom. The third-order valence-electron chi connectivity index (χ3n) is 3.61. The first-order chi connectivity index (χ1) is 9.60. The number of carbonyl (C=O) groups is 1. The molecule has 0 radical (unpaired) electrons. The smallest absolute Gasteiger partial charge is 0.335 e. The van der Waals surface area contributed by atoms with E-state index < -0.39 is 5.97 Å². The number of unbranched alkanes of at least 4 members (excludes halogenated alkanes) is 2. The molecule has 2 rings (SSSR count). The van der Waals surface area contributed by atoms with Crippen LogP contribution in [0.5, 0.6) is 5.75 Å². The maximum Gasteiger partial charge on any atom is 0.335 e. The van der Waals surface area contributed by atoms with Gasteiger partial charge in [-0.05, 0) is 43.9 Å². The average Bonchev–Trinajstić information content (AvgIpc) is 2.80. The summed E-state index contributed by atoms with van der Waals surface area (Å²) in [5, 5.41) is 9.08. The summed E-state index contributed by atoms with van der Waals surface area (Å²) in [5.74, 6) is -0.0415. The van der Waals surface area contributed by atoms with E-state index in [0.29, 0.717) is 5.56 Å². The molecule has 20 heavy (non-hydrogen) atoms. The van der Waals surface area contributed by atoms with Gasteiger partial charge in [-0.2, -0.15) is 0 Å². The van der Waals surface area contributed by atoms with Crippen LogP contribution in [-0.4, -0.2) is 16.0 Å². The van der Waals surface area contributed by atoms with Crippen molar-refractivity contribution in [1.29, 1.82) is 0 Å². The Kier molecular flexibility index (Phi) is 4.97. The van der Waals surface area contributed by atoms with Crippen LogP contribution in [0.4, 0.5) is 0 Å². The average molecular weight is 294 g/mol. The molecule has 0 atom stereocenters. The van der Waals surface area contributed by atoms with Crippen LogP contribution in [0.25, 0.3) is 0 Å². The lowest BCUT2D eigenvalue weighted by Crippen LogP contribution is -2.28. The second-order valence-electron chi connectivity index (χ2n) is 5.29. The Labute approximate surface area is 124 Å². The molecule has 1 N–H and O–H groups in total. The summed E-state index contributed by atoms with van der Waals surface area (Å²) in [6, 6.07) is 5.16. The summed E-state index contributed by atoms with van der Waals surface area (Å²) in [7, 11) is 0. The molecule has 0 saturated carbocycles. The van der Waals surface area contributed by atoms with E-state index in [1.807, 2.05) is 0 Å². The maximum atomic E-state index is 11.1. The van der Waals surface area contributed by atoms with E-state index >= 15 is 0 Å². The summed E-state index contributed by atoms with van der Waals surface area (Å²) < 4.78 is 6.20. The predicted octanol–water partition coefficient (Wildman–Crippen LogP) is 4.95. The van der Waals surface area contributed by atoms with Crippen molar-refractivity contribution in [1.82, 2.24) is 0 Å². The molecular formula is C16H22O3S. The molecule has 0 fully saturated rings. The zero-order valence-corrected chi connectivity index (χ0v) is 13.0. The second-order valence-corrected chi connectivity index (χ2v) is 6.68. The van der Waals surface area contributed by atoms with Crippen molar-refractivity contribution in [2.45, 2.75) is 62.2 Å². The molecule has 1 aliphatic heterocycles. The van der Waals surface area contributed by atoms with Gasteiger partial charge in [0.15, 0.2) is 4.93 Å². The highest BCUT2D eigenvalue weighted by atomic mass is 32.2. The van der Waals surface area contributed by atoms with Crippen LogP contribution in [0, 0.1) is 0 Å². The van der Waals surface area contributed by atoms with Crippen molar-refractivity contribution in [3.05, 3.63) is 23.8 Å². The molecule has 1 aromatic rings. The molecule has 0 saturated heterocycles. The van der Waals surface area contributed by atoms with Crippen LogP contribution in [0.3, 0.4) is 0 Å². The molecule has 0 aliphatic carbocycles. The number of hydrogen-bond donors (Lipinski definition) is 1. The van der Waals surface area contributed by atoms with E-state index in [1.165, 1.54) is 0 Å². The van der Waals surface area contributed by atoms with Gasteiger partial charge < -0.3 is 9.84 Å². The molecule has 4 heteroatoms. The van der Waals surface area contributed by atoms with Crippen LogP contribution in [-0.2, 0) is 0 Å². The first-order valence-electron chi connectivity index (χ1n) is 7.35. The fourth-order valence-electron chi connectivity index (χ4n) is 2.45. The van der Waals surface area contributed by atoms with Gasteiger partial charge in [-0.15, -0.1) is 0 Å². The van der Waals surface area contributed by atoms with Crippen LogP contribution in [0.15, 0.2) is 23.1 Å². The van der Waals surface area contributed by atoms with Crippen LogP contribution in [0.2, 0.25) is 0 Å². The summed E-state index contributed by atoms with van der Waals surface area (Å²) in [4.78, 5) is 11.8. The van der Waals surface area contributed by atoms with E-state index in [9.17, 15) is 4.79 Å². The van der Waals surface area contributed by atoms with Crippen molar-refractivity contribution in [3.8, 4) is 5.75 Å². The van der Waals surface area contributed by atoms with Gasteiger partial charge in [-0.1, -0.05) is 38.5 Å². The van der Waals surface area contributed by atoms with Gasteiger partial charge in [0.25, 0.3) is 0 Å². The lowest BCUT2D eigenvalue weighted by molar-refractivity contribution is 0.0696. The highest BCUT2D eigenvalue weighted by Gasteiger charge is 2.39. The van der Waals surface area contributed by atoms with Gasteiger partial charge in [0.2, 0.25) is 0 Å². The highest BCUT2D eigenvalue weighted by molar-refractivity contribution is 8.00. The number of rotatable bonds is 7. The van der Waals surface area contributed by atoms with Gasteiger partial charge in [-0.25, -0.2) is 4.79 Å². The Balaban J connectivity index is 2.19. The minimum absolute atomic E-state index is 0.189. The van der Waals surface area contributed by atoms with Gasteiger partial charge in [-0.3, -0.25) is 0 Å². The molecule has 0 bridgehead atoms. The predicted molar refractivity (Wildman–Crippen MR) is 81.7 cm³/mol. The summed E-state index contributed by atoms with van der Waals surface area (Å²) in [6.45, 7) is 4.37. The number of aromatic carboxylic acids is 1. The third kappa shape index (κ3) is 3.29. The largest absolute Gasteiger partial charge is 0.478 e. The SMILES string of the molecule is CCCCC1(CCCC)Oc2ccc(C(=O)O)cc2S1. The van der Waals surface area contributed by atoms with E-state index in [0.717, 1.165) is 49.2 Å². The van der Waals surface area contributed by atoms with Crippen molar-refractivity contribution in [2.75, 3.05) is 0 Å². The number of ether oxygens (including phenoxy) is 1. The Morgan fingerprint density at radius 1 is 1.25 bits per heavy atom. The Hall–Kier alpha value is -1.16. The third-order valence-corrected chi connectivity index (χ3v) is 5.01. The molecule has 1 aromatic carbocycles.